The fourth-order valence-corrected chi connectivity index (χ4v) is 2.02. The standard InChI is InChI=1S/C12H21NO2/c1-9(12(14)15)6-13(7-10-2-3-10)8-11-4-5-11/h9-11H,2-8H2,1H3,(H,14,15). The summed E-state index contributed by atoms with van der Waals surface area (Å²) < 4.78 is 0. The van der Waals surface area contributed by atoms with Crippen molar-refractivity contribution < 1.29 is 9.90 Å². The normalized spacial score (nSPS) is 23.1. The fourth-order valence-electron chi connectivity index (χ4n) is 2.02. The van der Waals surface area contributed by atoms with E-state index in [9.17, 15) is 4.79 Å². The second-order valence-corrected chi connectivity index (χ2v) is 5.34. The molecule has 0 aliphatic heterocycles. The maximum absolute atomic E-state index is 10.8. The fraction of sp³-hybridized carbons (Fsp3) is 0.917. The lowest BCUT2D eigenvalue weighted by molar-refractivity contribution is -0.141. The average molecular weight is 211 g/mol. The van der Waals surface area contributed by atoms with Crippen molar-refractivity contribution in [1.82, 2.24) is 4.90 Å². The lowest BCUT2D eigenvalue weighted by atomic mass is 10.1. The van der Waals surface area contributed by atoms with Gasteiger partial charge in [0.2, 0.25) is 0 Å². The third-order valence-electron chi connectivity index (χ3n) is 3.38. The van der Waals surface area contributed by atoms with Gasteiger partial charge >= 0.3 is 5.97 Å². The molecule has 1 N–H and O–H groups in total. The molecule has 86 valence electrons. The van der Waals surface area contributed by atoms with Crippen LogP contribution in [0.3, 0.4) is 0 Å². The molecular formula is C12H21NO2. The molecule has 3 nitrogen and oxygen atoms in total. The summed E-state index contributed by atoms with van der Waals surface area (Å²) in [5, 5.41) is 8.90. The molecule has 0 aromatic rings. The van der Waals surface area contributed by atoms with Crippen LogP contribution < -0.4 is 0 Å². The van der Waals surface area contributed by atoms with E-state index in [0.717, 1.165) is 31.5 Å². The molecule has 1 unspecified atom stereocenters. The Kier molecular flexibility index (Phi) is 3.29. The van der Waals surface area contributed by atoms with Crippen molar-refractivity contribution in [2.75, 3.05) is 19.6 Å². The third-order valence-corrected chi connectivity index (χ3v) is 3.38. The van der Waals surface area contributed by atoms with Gasteiger partial charge in [-0.2, -0.15) is 0 Å². The zero-order valence-corrected chi connectivity index (χ0v) is 9.48. The van der Waals surface area contributed by atoms with E-state index in [-0.39, 0.29) is 5.92 Å². The van der Waals surface area contributed by atoms with Crippen LogP contribution in [-0.2, 0) is 4.79 Å². The zero-order chi connectivity index (χ0) is 10.8. The van der Waals surface area contributed by atoms with Crippen LogP contribution in [-0.4, -0.2) is 35.6 Å². The lowest BCUT2D eigenvalue weighted by Gasteiger charge is -2.23. The minimum atomic E-state index is -0.661. The Morgan fingerprint density at radius 2 is 1.73 bits per heavy atom. The van der Waals surface area contributed by atoms with E-state index in [1.807, 2.05) is 6.92 Å². The first kappa shape index (κ1) is 10.9. The average Bonchev–Trinajstić information content (AvgIpc) is 2.98. The van der Waals surface area contributed by atoms with Gasteiger partial charge in [-0.15, -0.1) is 0 Å². The topological polar surface area (TPSA) is 40.5 Å². The molecule has 2 aliphatic carbocycles. The maximum atomic E-state index is 10.8. The summed E-state index contributed by atoms with van der Waals surface area (Å²) in [6, 6.07) is 0. The van der Waals surface area contributed by atoms with Gasteiger partial charge in [-0.25, -0.2) is 0 Å². The summed E-state index contributed by atoms with van der Waals surface area (Å²) in [4.78, 5) is 13.2. The van der Waals surface area contributed by atoms with Crippen LogP contribution in [0.25, 0.3) is 0 Å². The van der Waals surface area contributed by atoms with Crippen LogP contribution in [0.15, 0.2) is 0 Å². The van der Waals surface area contributed by atoms with E-state index in [1.54, 1.807) is 0 Å². The minimum absolute atomic E-state index is 0.220. The van der Waals surface area contributed by atoms with Crippen molar-refractivity contribution in [1.29, 1.82) is 0 Å². The van der Waals surface area contributed by atoms with Crippen molar-refractivity contribution in [2.24, 2.45) is 17.8 Å². The molecule has 15 heavy (non-hydrogen) atoms. The molecule has 3 heteroatoms. The van der Waals surface area contributed by atoms with E-state index < -0.39 is 5.97 Å². The quantitative estimate of drug-likeness (QED) is 0.698. The summed E-state index contributed by atoms with van der Waals surface area (Å²) >= 11 is 0. The van der Waals surface area contributed by atoms with Crippen LogP contribution in [0.5, 0.6) is 0 Å². The van der Waals surface area contributed by atoms with Crippen molar-refractivity contribution in [3.8, 4) is 0 Å². The summed E-state index contributed by atoms with van der Waals surface area (Å²) in [5.74, 6) is 0.851. The molecule has 2 fully saturated rings. The summed E-state index contributed by atoms with van der Waals surface area (Å²) in [7, 11) is 0. The van der Waals surface area contributed by atoms with Crippen molar-refractivity contribution in [2.45, 2.75) is 32.6 Å². The van der Waals surface area contributed by atoms with Gasteiger partial charge in [0.15, 0.2) is 0 Å². The van der Waals surface area contributed by atoms with Crippen LogP contribution in [0, 0.1) is 17.8 Å². The number of hydrogen-bond donors (Lipinski definition) is 1. The van der Waals surface area contributed by atoms with Gasteiger partial charge in [0.25, 0.3) is 0 Å². The van der Waals surface area contributed by atoms with Gasteiger partial charge < -0.3 is 10.0 Å². The highest BCUT2D eigenvalue weighted by atomic mass is 16.4. The molecule has 0 aromatic carbocycles. The Bertz CT molecular complexity index is 220. The predicted octanol–water partition coefficient (Wildman–Crippen LogP) is 1.83. The molecule has 0 amide bonds. The molecule has 0 aromatic heterocycles. The Labute approximate surface area is 91.5 Å². The Morgan fingerprint density at radius 3 is 2.07 bits per heavy atom. The van der Waals surface area contributed by atoms with Gasteiger partial charge in [0.05, 0.1) is 5.92 Å². The predicted molar refractivity (Wildman–Crippen MR) is 58.7 cm³/mol. The maximum Gasteiger partial charge on any atom is 0.307 e. The highest BCUT2D eigenvalue weighted by molar-refractivity contribution is 5.69. The smallest absolute Gasteiger partial charge is 0.307 e. The molecule has 2 aliphatic rings. The molecule has 0 heterocycles. The van der Waals surface area contributed by atoms with Crippen LogP contribution in [0.4, 0.5) is 0 Å². The van der Waals surface area contributed by atoms with E-state index >= 15 is 0 Å². The first-order chi connectivity index (χ1) is 7.15. The van der Waals surface area contributed by atoms with Crippen molar-refractivity contribution in [3.05, 3.63) is 0 Å². The molecule has 2 saturated carbocycles. The highest BCUT2D eigenvalue weighted by Crippen LogP contribution is 2.33. The second-order valence-electron chi connectivity index (χ2n) is 5.34. The first-order valence-corrected chi connectivity index (χ1v) is 6.10. The largest absolute Gasteiger partial charge is 0.481 e. The van der Waals surface area contributed by atoms with Crippen LogP contribution in [0.1, 0.15) is 32.6 Å². The minimum Gasteiger partial charge on any atom is -0.481 e. The van der Waals surface area contributed by atoms with Gasteiger partial charge in [-0.1, -0.05) is 6.92 Å². The van der Waals surface area contributed by atoms with E-state index in [1.165, 1.54) is 25.7 Å². The molecular weight excluding hydrogens is 190 g/mol. The third kappa shape index (κ3) is 3.82. The highest BCUT2D eigenvalue weighted by Gasteiger charge is 2.30. The molecule has 1 atom stereocenters. The van der Waals surface area contributed by atoms with Gasteiger partial charge in [-0.3, -0.25) is 4.79 Å². The molecule has 0 spiro atoms. The number of hydrogen-bond acceptors (Lipinski definition) is 2. The summed E-state index contributed by atoms with van der Waals surface area (Å²) in [6.45, 7) is 4.82. The van der Waals surface area contributed by atoms with E-state index in [4.69, 9.17) is 5.11 Å². The lowest BCUT2D eigenvalue weighted by Crippen LogP contribution is -2.35. The van der Waals surface area contributed by atoms with Crippen molar-refractivity contribution >= 4 is 5.97 Å². The van der Waals surface area contributed by atoms with Gasteiger partial charge in [0.1, 0.15) is 0 Å². The SMILES string of the molecule is CC(CN(CC1CC1)CC1CC1)C(=O)O. The van der Waals surface area contributed by atoms with E-state index in [2.05, 4.69) is 4.90 Å². The van der Waals surface area contributed by atoms with Gasteiger partial charge in [-0.05, 0) is 37.5 Å². The first-order valence-electron chi connectivity index (χ1n) is 6.10. The number of carboxylic acid groups (broad SMARTS) is 1. The van der Waals surface area contributed by atoms with Gasteiger partial charge in [0, 0.05) is 19.6 Å². The zero-order valence-electron chi connectivity index (χ0n) is 9.48. The monoisotopic (exact) mass is 211 g/mol. The number of carboxylic acids is 1. The summed E-state index contributed by atoms with van der Waals surface area (Å²) in [5.41, 5.74) is 0. The Hall–Kier alpha value is -0.570. The Balaban J connectivity index is 1.76. The Morgan fingerprint density at radius 1 is 1.27 bits per heavy atom. The molecule has 0 radical (unpaired) electrons. The molecule has 2 rings (SSSR count). The number of nitrogens with zero attached hydrogens (tertiary/aromatic N) is 1. The van der Waals surface area contributed by atoms with E-state index in [0.29, 0.717) is 0 Å². The number of aliphatic carboxylic acids is 1. The van der Waals surface area contributed by atoms with Crippen molar-refractivity contribution in [3.63, 3.8) is 0 Å². The number of carbonyl (C=O) groups is 1. The number of rotatable bonds is 7. The van der Waals surface area contributed by atoms with Crippen LogP contribution >= 0.6 is 0 Å². The molecule has 0 saturated heterocycles. The summed E-state index contributed by atoms with van der Waals surface area (Å²) in [6.07, 6.45) is 5.40. The second kappa shape index (κ2) is 4.52. The van der Waals surface area contributed by atoms with Crippen LogP contribution in [0.2, 0.25) is 0 Å². The molecule has 0 bridgehead atoms.